The van der Waals surface area contributed by atoms with Crippen molar-refractivity contribution >= 4 is 5.91 Å². The lowest BCUT2D eigenvalue weighted by atomic mass is 9.93. The maximum atomic E-state index is 13.7. The van der Waals surface area contributed by atoms with E-state index in [2.05, 4.69) is 58.4 Å². The summed E-state index contributed by atoms with van der Waals surface area (Å²) in [6.45, 7) is 3.15. The van der Waals surface area contributed by atoms with Crippen molar-refractivity contribution in [3.05, 3.63) is 99.0 Å². The Morgan fingerprint density at radius 1 is 0.943 bits per heavy atom. The fraction of sp³-hybridized carbons (Fsp3) is 0.357. The van der Waals surface area contributed by atoms with Crippen LogP contribution in [0.3, 0.4) is 0 Å². The Kier molecular flexibility index (Phi) is 6.11. The van der Waals surface area contributed by atoms with E-state index in [4.69, 9.17) is 0 Å². The van der Waals surface area contributed by atoms with Crippen LogP contribution >= 0.6 is 0 Å². The zero-order chi connectivity index (χ0) is 24.7. The molecule has 0 saturated heterocycles. The lowest BCUT2D eigenvalue weighted by Crippen LogP contribution is -2.65. The van der Waals surface area contributed by atoms with Gasteiger partial charge in [0.1, 0.15) is 6.17 Å². The smallest absolute Gasteiger partial charge is 0.278 e. The summed E-state index contributed by atoms with van der Waals surface area (Å²) in [6.07, 6.45) is 3.94. The lowest BCUT2D eigenvalue weighted by molar-refractivity contribution is 0.0505. The molecule has 2 heterocycles. The molecule has 2 aliphatic rings. The van der Waals surface area contributed by atoms with Gasteiger partial charge in [-0.2, -0.15) is 0 Å². The summed E-state index contributed by atoms with van der Waals surface area (Å²) in [4.78, 5) is 30.0. The first-order valence-electron chi connectivity index (χ1n) is 12.3. The first kappa shape index (κ1) is 23.2. The first-order chi connectivity index (χ1) is 16.9. The van der Waals surface area contributed by atoms with Crippen molar-refractivity contribution < 1.29 is 9.90 Å². The first-order valence-corrected chi connectivity index (χ1v) is 12.3. The second kappa shape index (κ2) is 9.23. The Morgan fingerprint density at radius 2 is 1.54 bits per heavy atom. The molecule has 1 atom stereocenters. The van der Waals surface area contributed by atoms with E-state index < -0.39 is 11.2 Å². The molecule has 0 fully saturated rings. The average molecular weight is 473 g/mol. The van der Waals surface area contributed by atoms with Crippen molar-refractivity contribution in [3.8, 4) is 5.75 Å². The molecule has 2 aromatic carbocycles. The predicted molar refractivity (Wildman–Crippen MR) is 136 cm³/mol. The van der Waals surface area contributed by atoms with Crippen LogP contribution < -0.4 is 10.4 Å². The number of benzene rings is 2. The molecule has 1 aliphatic heterocycles. The van der Waals surface area contributed by atoms with Crippen LogP contribution in [-0.4, -0.2) is 58.8 Å². The molecule has 182 valence electrons. The largest absolute Gasteiger partial charge is 0.502 e. The van der Waals surface area contributed by atoms with Crippen molar-refractivity contribution in [2.45, 2.75) is 38.4 Å². The van der Waals surface area contributed by atoms with Gasteiger partial charge in [0.15, 0.2) is 11.4 Å². The number of aryl methyl sites for hydroxylation is 2. The zero-order valence-electron chi connectivity index (χ0n) is 20.5. The molecule has 1 amide bonds. The molecule has 1 aliphatic carbocycles. The number of amides is 1. The highest BCUT2D eigenvalue weighted by Crippen LogP contribution is 2.40. The number of carbonyl (C=O) groups excluding carboxylic acids is 1. The van der Waals surface area contributed by atoms with Gasteiger partial charge in [-0.15, -0.1) is 0 Å². The molecule has 0 radical (unpaired) electrons. The summed E-state index contributed by atoms with van der Waals surface area (Å²) < 4.78 is 1.73. The van der Waals surface area contributed by atoms with Crippen molar-refractivity contribution in [2.75, 3.05) is 32.2 Å². The summed E-state index contributed by atoms with van der Waals surface area (Å²) in [5.41, 5.74) is 4.37. The molecule has 7 heteroatoms. The number of fused-ring (bicyclic) bond motifs is 3. The maximum absolute atomic E-state index is 13.7. The average Bonchev–Trinajstić information content (AvgIpc) is 3.01. The normalized spacial score (nSPS) is 17.7. The molecule has 0 spiro atoms. The van der Waals surface area contributed by atoms with Crippen LogP contribution in [0.2, 0.25) is 0 Å². The number of aromatic nitrogens is 1. The number of carbonyl (C=O) groups is 1. The van der Waals surface area contributed by atoms with Crippen LogP contribution in [0.25, 0.3) is 0 Å². The number of pyridine rings is 1. The summed E-state index contributed by atoms with van der Waals surface area (Å²) in [5, 5.41) is 13.0. The minimum absolute atomic E-state index is 0.0279. The van der Waals surface area contributed by atoms with Crippen molar-refractivity contribution in [2.24, 2.45) is 0 Å². The summed E-state index contributed by atoms with van der Waals surface area (Å²) in [5.74, 6) is -0.817. The summed E-state index contributed by atoms with van der Waals surface area (Å²) in [6, 6.07) is 18.1. The number of hydrogen-bond acceptors (Lipinski definition) is 5. The second-order valence-corrected chi connectivity index (χ2v) is 9.64. The minimum atomic E-state index is -0.547. The molecule has 7 nitrogen and oxygen atoms in total. The van der Waals surface area contributed by atoms with E-state index in [0.29, 0.717) is 13.1 Å². The number of likely N-dealkylation sites (N-methyl/N-ethyl adjacent to an activating group) is 1. The number of hydrogen-bond donors (Lipinski definition) is 1. The van der Waals surface area contributed by atoms with Gasteiger partial charge in [-0.3, -0.25) is 19.3 Å². The fourth-order valence-corrected chi connectivity index (χ4v) is 5.54. The fourth-order valence-electron chi connectivity index (χ4n) is 5.54. The van der Waals surface area contributed by atoms with Gasteiger partial charge < -0.3 is 14.9 Å². The van der Waals surface area contributed by atoms with Gasteiger partial charge in [0, 0.05) is 25.4 Å². The van der Waals surface area contributed by atoms with Gasteiger partial charge in [0.25, 0.3) is 5.91 Å². The second-order valence-electron chi connectivity index (χ2n) is 9.64. The third-order valence-corrected chi connectivity index (χ3v) is 7.05. The Balaban J connectivity index is 1.83. The van der Waals surface area contributed by atoms with Gasteiger partial charge in [0.05, 0.1) is 6.04 Å². The van der Waals surface area contributed by atoms with E-state index in [1.807, 2.05) is 25.9 Å². The zero-order valence-corrected chi connectivity index (χ0v) is 20.5. The van der Waals surface area contributed by atoms with Gasteiger partial charge in [-0.25, -0.2) is 0 Å². The van der Waals surface area contributed by atoms with Gasteiger partial charge in [0.2, 0.25) is 5.43 Å². The molecule has 0 saturated carbocycles. The van der Waals surface area contributed by atoms with Crippen LogP contribution in [-0.2, 0) is 12.8 Å². The van der Waals surface area contributed by atoms with Crippen LogP contribution in [0, 0.1) is 0 Å². The highest BCUT2D eigenvalue weighted by molar-refractivity contribution is 5.96. The quantitative estimate of drug-likeness (QED) is 0.618. The monoisotopic (exact) mass is 472 g/mol. The van der Waals surface area contributed by atoms with E-state index in [1.165, 1.54) is 28.3 Å². The highest BCUT2D eigenvalue weighted by Gasteiger charge is 2.44. The molecule has 1 aromatic heterocycles. The Bertz CT molecular complexity index is 1270. The van der Waals surface area contributed by atoms with Gasteiger partial charge >= 0.3 is 0 Å². The van der Waals surface area contributed by atoms with Gasteiger partial charge in [-0.05, 0) is 55.6 Å². The lowest BCUT2D eigenvalue weighted by Gasteiger charge is -2.51. The molecule has 35 heavy (non-hydrogen) atoms. The van der Waals surface area contributed by atoms with E-state index in [1.54, 1.807) is 10.9 Å². The molecule has 1 N–H and O–H groups in total. The van der Waals surface area contributed by atoms with Gasteiger partial charge in [-0.1, -0.05) is 55.5 Å². The molecular weight excluding hydrogens is 440 g/mol. The molecular formula is C28H32N4O3. The molecule has 0 bridgehead atoms. The summed E-state index contributed by atoms with van der Waals surface area (Å²) in [7, 11) is 4.00. The maximum Gasteiger partial charge on any atom is 0.278 e. The molecule has 5 rings (SSSR count). The molecule has 1 unspecified atom stereocenters. The van der Waals surface area contributed by atoms with Crippen LogP contribution in [0.15, 0.2) is 65.6 Å². The van der Waals surface area contributed by atoms with Crippen molar-refractivity contribution in [1.82, 2.24) is 14.5 Å². The van der Waals surface area contributed by atoms with Crippen LogP contribution in [0.1, 0.15) is 52.1 Å². The van der Waals surface area contributed by atoms with Crippen molar-refractivity contribution in [3.63, 3.8) is 0 Å². The Morgan fingerprint density at radius 3 is 2.11 bits per heavy atom. The number of aromatic hydroxyl groups is 1. The topological polar surface area (TPSA) is 69.0 Å². The number of nitrogens with zero attached hydrogens (tertiary/aromatic N) is 4. The Labute approximate surface area is 205 Å². The van der Waals surface area contributed by atoms with Crippen molar-refractivity contribution in [1.29, 1.82) is 0 Å². The highest BCUT2D eigenvalue weighted by atomic mass is 16.3. The summed E-state index contributed by atoms with van der Waals surface area (Å²) >= 11 is 0. The predicted octanol–water partition coefficient (Wildman–Crippen LogP) is 3.13. The van der Waals surface area contributed by atoms with E-state index in [0.717, 1.165) is 19.3 Å². The molecule has 3 aromatic rings. The van der Waals surface area contributed by atoms with Crippen LogP contribution in [0.4, 0.5) is 0 Å². The van der Waals surface area contributed by atoms with E-state index in [-0.39, 0.29) is 23.8 Å². The Hall–Kier alpha value is -3.58. The number of rotatable bonds is 5. The minimum Gasteiger partial charge on any atom is -0.502 e. The SMILES string of the molecule is CCCN1C(=O)c2c(O)c(=O)ccn2N(C2c3ccccc3CCc3ccccc32)C1CN(C)C. The van der Waals surface area contributed by atoms with Crippen LogP contribution in [0.5, 0.6) is 5.75 Å². The van der Waals surface area contributed by atoms with E-state index in [9.17, 15) is 14.7 Å². The van der Waals surface area contributed by atoms with E-state index >= 15 is 0 Å². The standard InChI is InChI=1S/C28H32N4O3/c1-4-16-30-24(18-29(2)3)32(31-17-15-23(33)27(34)26(31)28(30)35)25-21-11-7-5-9-19(21)13-14-20-10-6-8-12-22(20)25/h5-12,15,17,24-25,34H,4,13-14,16,18H2,1-3H3. The third-order valence-electron chi connectivity index (χ3n) is 7.05. The third kappa shape index (κ3) is 3.90.